The van der Waals surface area contributed by atoms with E-state index in [1.165, 1.54) is 0 Å². The Morgan fingerprint density at radius 1 is 0.929 bits per heavy atom. The van der Waals surface area contributed by atoms with Crippen LogP contribution in [0.1, 0.15) is 20.3 Å². The summed E-state index contributed by atoms with van der Waals surface area (Å²) in [6.45, 7) is 4.89. The van der Waals surface area contributed by atoms with Gasteiger partial charge in [-0.1, -0.05) is 12.1 Å². The van der Waals surface area contributed by atoms with Gasteiger partial charge in [0, 0.05) is 29.9 Å². The van der Waals surface area contributed by atoms with Gasteiger partial charge in [-0.05, 0) is 38.1 Å². The molecule has 0 bridgehead atoms. The number of aliphatic imine (C=N–C) groups is 2. The Bertz CT molecular complexity index is 894. The molecule has 8 nitrogen and oxygen atoms in total. The normalized spacial score (nSPS) is 15.6. The highest BCUT2D eigenvalue weighted by Gasteiger charge is 2.33. The van der Waals surface area contributed by atoms with E-state index in [9.17, 15) is 0 Å². The standard InChI is InChI=1S/C20H26N6O2/c1-20(2)25-18(22)24-19(23)26(20)15-7-4-9-17(13-15)28-11-5-10-27-16-8-3-6-14(21)12-16/h3-4,6-9,12-13H,5,10-11,21H2,1-2H3,(H4,22,23,24,25). The van der Waals surface area contributed by atoms with Crippen LogP contribution >= 0.6 is 0 Å². The van der Waals surface area contributed by atoms with Gasteiger partial charge in [0.2, 0.25) is 11.9 Å². The van der Waals surface area contributed by atoms with Crippen molar-refractivity contribution in [3.8, 4) is 11.5 Å². The average molecular weight is 382 g/mol. The lowest BCUT2D eigenvalue weighted by Gasteiger charge is -2.38. The van der Waals surface area contributed by atoms with Crippen molar-refractivity contribution in [2.24, 2.45) is 21.5 Å². The molecule has 148 valence electrons. The van der Waals surface area contributed by atoms with E-state index >= 15 is 0 Å². The number of hydrogen-bond donors (Lipinski definition) is 3. The molecule has 1 aliphatic heterocycles. The smallest absolute Gasteiger partial charge is 0.220 e. The first-order chi connectivity index (χ1) is 13.3. The predicted molar refractivity (Wildman–Crippen MR) is 113 cm³/mol. The zero-order valence-corrected chi connectivity index (χ0v) is 16.1. The molecule has 0 radical (unpaired) electrons. The molecule has 3 rings (SSSR count). The van der Waals surface area contributed by atoms with Crippen molar-refractivity contribution in [1.29, 1.82) is 0 Å². The van der Waals surface area contributed by atoms with Crippen molar-refractivity contribution >= 4 is 23.3 Å². The van der Waals surface area contributed by atoms with E-state index < -0.39 is 5.66 Å². The fourth-order valence-corrected chi connectivity index (χ4v) is 3.01. The number of rotatable bonds is 7. The van der Waals surface area contributed by atoms with Gasteiger partial charge in [0.25, 0.3) is 0 Å². The van der Waals surface area contributed by atoms with Crippen LogP contribution in [0.15, 0.2) is 58.5 Å². The maximum Gasteiger partial charge on any atom is 0.220 e. The van der Waals surface area contributed by atoms with Crippen molar-refractivity contribution in [3.63, 3.8) is 0 Å². The Morgan fingerprint density at radius 2 is 1.57 bits per heavy atom. The monoisotopic (exact) mass is 382 g/mol. The Kier molecular flexibility index (Phi) is 5.58. The van der Waals surface area contributed by atoms with Crippen LogP contribution in [-0.4, -0.2) is 30.8 Å². The largest absolute Gasteiger partial charge is 0.493 e. The maximum atomic E-state index is 6.08. The van der Waals surface area contributed by atoms with E-state index in [1.807, 2.05) is 61.2 Å². The summed E-state index contributed by atoms with van der Waals surface area (Å²) in [6.07, 6.45) is 0.735. The van der Waals surface area contributed by atoms with E-state index in [2.05, 4.69) is 9.98 Å². The summed E-state index contributed by atoms with van der Waals surface area (Å²) in [6, 6.07) is 15.0. The van der Waals surface area contributed by atoms with Crippen molar-refractivity contribution in [2.45, 2.75) is 25.9 Å². The molecule has 1 aliphatic rings. The maximum absolute atomic E-state index is 6.08. The van der Waals surface area contributed by atoms with E-state index in [0.717, 1.165) is 23.6 Å². The Morgan fingerprint density at radius 3 is 2.21 bits per heavy atom. The number of nitrogen functional groups attached to an aromatic ring is 1. The third-order valence-electron chi connectivity index (χ3n) is 4.15. The van der Waals surface area contributed by atoms with Crippen LogP contribution < -0.4 is 31.6 Å². The summed E-state index contributed by atoms with van der Waals surface area (Å²) in [4.78, 5) is 10.2. The number of hydrogen-bond acceptors (Lipinski definition) is 8. The molecule has 6 N–H and O–H groups in total. The number of nitrogens with zero attached hydrogens (tertiary/aromatic N) is 3. The summed E-state index contributed by atoms with van der Waals surface area (Å²) in [5, 5.41) is 0. The van der Waals surface area contributed by atoms with E-state index in [-0.39, 0.29) is 5.96 Å². The van der Waals surface area contributed by atoms with Gasteiger partial charge < -0.3 is 26.7 Å². The molecule has 8 heteroatoms. The molecule has 2 aromatic carbocycles. The van der Waals surface area contributed by atoms with E-state index in [1.54, 1.807) is 6.07 Å². The molecule has 0 fully saturated rings. The molecule has 0 aliphatic carbocycles. The van der Waals surface area contributed by atoms with Crippen molar-refractivity contribution in [3.05, 3.63) is 48.5 Å². The van der Waals surface area contributed by atoms with Crippen LogP contribution in [0, 0.1) is 0 Å². The molecule has 0 aromatic heterocycles. The van der Waals surface area contributed by atoms with Crippen molar-refractivity contribution in [1.82, 2.24) is 0 Å². The lowest BCUT2D eigenvalue weighted by molar-refractivity contribution is 0.247. The molecule has 0 saturated heterocycles. The van der Waals surface area contributed by atoms with E-state index in [4.69, 9.17) is 26.7 Å². The average Bonchev–Trinajstić information content (AvgIpc) is 2.60. The minimum absolute atomic E-state index is 0.173. The van der Waals surface area contributed by atoms with Crippen LogP contribution in [0.5, 0.6) is 11.5 Å². The molecule has 0 unspecified atom stereocenters. The minimum atomic E-state index is -0.639. The fraction of sp³-hybridized carbons (Fsp3) is 0.300. The lowest BCUT2D eigenvalue weighted by atomic mass is 10.1. The van der Waals surface area contributed by atoms with Gasteiger partial charge >= 0.3 is 0 Å². The highest BCUT2D eigenvalue weighted by molar-refractivity contribution is 6.05. The molecule has 0 atom stereocenters. The first-order valence-electron chi connectivity index (χ1n) is 9.06. The highest BCUT2D eigenvalue weighted by atomic mass is 16.5. The van der Waals surface area contributed by atoms with Crippen LogP contribution in [0.25, 0.3) is 0 Å². The molecular weight excluding hydrogens is 356 g/mol. The molecular formula is C20H26N6O2. The topological polar surface area (TPSA) is 124 Å². The molecule has 28 heavy (non-hydrogen) atoms. The zero-order chi connectivity index (χ0) is 20.1. The Labute approximate surface area is 164 Å². The zero-order valence-electron chi connectivity index (χ0n) is 16.1. The lowest BCUT2D eigenvalue weighted by Crippen LogP contribution is -2.54. The van der Waals surface area contributed by atoms with Crippen LogP contribution in [0.3, 0.4) is 0 Å². The van der Waals surface area contributed by atoms with Gasteiger partial charge in [-0.15, -0.1) is 0 Å². The van der Waals surface area contributed by atoms with Gasteiger partial charge in [0.05, 0.1) is 13.2 Å². The van der Waals surface area contributed by atoms with E-state index in [0.29, 0.717) is 24.9 Å². The second kappa shape index (κ2) is 8.08. The number of benzene rings is 2. The van der Waals surface area contributed by atoms with Gasteiger partial charge in [-0.2, -0.15) is 4.99 Å². The predicted octanol–water partition coefficient (Wildman–Crippen LogP) is 2.30. The Hall–Kier alpha value is -3.42. The van der Waals surface area contributed by atoms with Crippen LogP contribution in [0.2, 0.25) is 0 Å². The molecule has 2 aromatic rings. The summed E-state index contributed by atoms with van der Waals surface area (Å²) < 4.78 is 11.5. The number of nitrogens with two attached hydrogens (primary N) is 3. The summed E-state index contributed by atoms with van der Waals surface area (Å²) in [7, 11) is 0. The van der Waals surface area contributed by atoms with Gasteiger partial charge in [0.15, 0.2) is 0 Å². The second-order valence-electron chi connectivity index (χ2n) is 6.89. The minimum Gasteiger partial charge on any atom is -0.493 e. The van der Waals surface area contributed by atoms with Gasteiger partial charge in [-0.25, -0.2) is 4.99 Å². The number of anilines is 2. The second-order valence-corrected chi connectivity index (χ2v) is 6.89. The first kappa shape index (κ1) is 19.3. The SMILES string of the molecule is CC1(C)N=C(N)N=C(N)N1c1cccc(OCCCOc2cccc(N)c2)c1. The van der Waals surface area contributed by atoms with Crippen LogP contribution in [0.4, 0.5) is 11.4 Å². The van der Waals surface area contributed by atoms with Crippen molar-refractivity contribution in [2.75, 3.05) is 23.8 Å². The third kappa shape index (κ3) is 4.64. The first-order valence-corrected chi connectivity index (χ1v) is 9.06. The molecule has 0 spiro atoms. The summed E-state index contributed by atoms with van der Waals surface area (Å²) >= 11 is 0. The van der Waals surface area contributed by atoms with Crippen LogP contribution in [-0.2, 0) is 0 Å². The quantitative estimate of drug-likeness (QED) is 0.498. The number of ether oxygens (including phenoxy) is 2. The summed E-state index contributed by atoms with van der Waals surface area (Å²) in [5.74, 6) is 1.95. The Balaban J connectivity index is 1.56. The number of guanidine groups is 2. The van der Waals surface area contributed by atoms with Gasteiger partial charge in [0.1, 0.15) is 17.2 Å². The summed E-state index contributed by atoms with van der Waals surface area (Å²) in [5.41, 5.74) is 18.4. The molecule has 0 amide bonds. The molecule has 0 saturated carbocycles. The van der Waals surface area contributed by atoms with Crippen molar-refractivity contribution < 1.29 is 9.47 Å². The molecule has 1 heterocycles. The highest BCUT2D eigenvalue weighted by Crippen LogP contribution is 2.29. The third-order valence-corrected chi connectivity index (χ3v) is 4.15. The van der Waals surface area contributed by atoms with Gasteiger partial charge in [-0.3, -0.25) is 4.90 Å². The fourth-order valence-electron chi connectivity index (χ4n) is 3.01.